The highest BCUT2D eigenvalue weighted by molar-refractivity contribution is 6.33. The van der Waals surface area contributed by atoms with Gasteiger partial charge in [-0.1, -0.05) is 35.7 Å². The largest absolute Gasteiger partial charge is 0.436 e. The maximum absolute atomic E-state index is 14.1. The summed E-state index contributed by atoms with van der Waals surface area (Å²) in [7, 11) is 2.21. The molecule has 0 aliphatic carbocycles. The number of ether oxygens (including phenoxy) is 1. The van der Waals surface area contributed by atoms with Gasteiger partial charge in [-0.15, -0.1) is 6.42 Å². The number of likely N-dealkylation sites (N-methyl/N-ethyl adjacent to an activating group) is 1. The Kier molecular flexibility index (Phi) is 9.16. The number of carbonyl (C=O) groups excluding carboxylic acids is 3. The maximum Gasteiger partial charge on any atom is 0.410 e. The molecule has 5 heterocycles. The molecule has 48 heavy (non-hydrogen) atoms. The summed E-state index contributed by atoms with van der Waals surface area (Å²) in [6, 6.07) is 12.8. The third-order valence-corrected chi connectivity index (χ3v) is 11.4. The van der Waals surface area contributed by atoms with Crippen LogP contribution in [0.2, 0.25) is 5.02 Å². The van der Waals surface area contributed by atoms with E-state index in [1.165, 1.54) is 6.42 Å². The third-order valence-electron chi connectivity index (χ3n) is 11.1. The van der Waals surface area contributed by atoms with E-state index < -0.39 is 12.2 Å². The molecule has 0 aromatic heterocycles. The summed E-state index contributed by atoms with van der Waals surface area (Å²) in [6.07, 6.45) is 8.48. The summed E-state index contributed by atoms with van der Waals surface area (Å²) in [5.74, 6) is 2.35. The first-order valence-corrected chi connectivity index (χ1v) is 17.5. The number of rotatable bonds is 6. The minimum absolute atomic E-state index is 0.00791. The van der Waals surface area contributed by atoms with Crippen molar-refractivity contribution < 1.29 is 19.1 Å². The number of nitrogens with one attached hydrogen (secondary N) is 1. The number of anilines is 2. The molecule has 2 bridgehead atoms. The lowest BCUT2D eigenvalue weighted by Crippen LogP contribution is -2.55. The van der Waals surface area contributed by atoms with Crippen molar-refractivity contribution in [1.29, 1.82) is 0 Å². The Morgan fingerprint density at radius 3 is 2.42 bits per heavy atom. The van der Waals surface area contributed by atoms with Gasteiger partial charge in [-0.2, -0.15) is 0 Å². The topological polar surface area (TPSA) is 115 Å². The van der Waals surface area contributed by atoms with E-state index in [4.69, 9.17) is 28.5 Å². The first kappa shape index (κ1) is 32.6. The monoisotopic (exact) mass is 673 g/mol. The number of hydrogen-bond acceptors (Lipinski definition) is 7. The van der Waals surface area contributed by atoms with Crippen LogP contribution in [0.3, 0.4) is 0 Å². The van der Waals surface area contributed by atoms with Crippen LogP contribution in [0.1, 0.15) is 48.8 Å². The molecule has 2 aromatic rings. The number of benzene rings is 2. The molecular formula is C36H44ClN7O4. The number of urea groups is 1. The Hall–Kier alpha value is -3.98. The van der Waals surface area contributed by atoms with Gasteiger partial charge in [-0.3, -0.25) is 9.69 Å². The molecule has 3 atom stereocenters. The number of likely N-dealkylation sites (tertiary alicyclic amines) is 4. The fourth-order valence-electron chi connectivity index (χ4n) is 8.34. The van der Waals surface area contributed by atoms with Crippen molar-refractivity contribution in [3.05, 3.63) is 58.1 Å². The summed E-state index contributed by atoms with van der Waals surface area (Å²) in [5, 5.41) is 3.28. The van der Waals surface area contributed by atoms with Crippen LogP contribution in [0.4, 0.5) is 21.0 Å². The second-order valence-electron chi connectivity index (χ2n) is 13.9. The van der Waals surface area contributed by atoms with Crippen molar-refractivity contribution in [2.24, 2.45) is 0 Å². The summed E-state index contributed by atoms with van der Waals surface area (Å²) >= 11 is 6.39. The number of nitrogens with zero attached hydrogens (tertiary/aromatic N) is 5. The van der Waals surface area contributed by atoms with Crippen molar-refractivity contribution in [2.45, 2.75) is 75.3 Å². The van der Waals surface area contributed by atoms with E-state index >= 15 is 0 Å². The summed E-state index contributed by atoms with van der Waals surface area (Å²) < 4.78 is 6.04. The number of para-hydroxylation sites is 1. The normalized spacial score (nSPS) is 24.3. The van der Waals surface area contributed by atoms with Crippen LogP contribution >= 0.6 is 11.6 Å². The van der Waals surface area contributed by atoms with Crippen molar-refractivity contribution in [1.82, 2.24) is 24.5 Å². The molecule has 4 amide bonds. The standard InChI is InChI=1S/C36H44ClN7O4/c1-3-24-16-23(17-30(37)33(24)38)18-32(34(45)41-12-8-26(9-13-41)43-22-28-19-29(43)21-40(28)2)48-36(47)42-14-10-27(11-15-42)44-20-25-6-4-5-7-31(25)39-35(44)46/h1,4-7,16-17,26-29,32H,8-15,18-22,38H2,2H3,(H,39,46)/t28?,29?,32-/m1/s1. The van der Waals surface area contributed by atoms with E-state index in [1.807, 2.05) is 34.1 Å². The Balaban J connectivity index is 1.00. The molecule has 5 aliphatic rings. The Morgan fingerprint density at radius 2 is 1.73 bits per heavy atom. The van der Waals surface area contributed by atoms with E-state index in [-0.39, 0.29) is 24.4 Å². The minimum Gasteiger partial charge on any atom is -0.436 e. The fraction of sp³-hybridized carbons (Fsp3) is 0.528. The van der Waals surface area contributed by atoms with Crippen LogP contribution in [-0.4, -0.2) is 119 Å². The predicted molar refractivity (Wildman–Crippen MR) is 185 cm³/mol. The zero-order valence-corrected chi connectivity index (χ0v) is 28.2. The fourth-order valence-corrected chi connectivity index (χ4v) is 8.59. The van der Waals surface area contributed by atoms with Crippen LogP contribution in [0.25, 0.3) is 0 Å². The van der Waals surface area contributed by atoms with E-state index in [0.717, 1.165) is 37.2 Å². The van der Waals surface area contributed by atoms with Crippen LogP contribution in [0.15, 0.2) is 36.4 Å². The lowest BCUT2D eigenvalue weighted by molar-refractivity contribution is -0.142. The van der Waals surface area contributed by atoms with Crippen molar-refractivity contribution in [2.75, 3.05) is 57.4 Å². The highest BCUT2D eigenvalue weighted by atomic mass is 35.5. The molecule has 7 rings (SSSR count). The van der Waals surface area contributed by atoms with Crippen LogP contribution in [0, 0.1) is 12.3 Å². The third kappa shape index (κ3) is 6.41. The molecule has 4 fully saturated rings. The number of amides is 4. The second kappa shape index (κ2) is 13.5. The molecule has 12 heteroatoms. The van der Waals surface area contributed by atoms with Gasteiger partial charge in [0.25, 0.3) is 5.91 Å². The van der Waals surface area contributed by atoms with E-state index in [1.54, 1.807) is 17.0 Å². The highest BCUT2D eigenvalue weighted by Gasteiger charge is 2.45. The molecule has 2 aromatic carbocycles. The van der Waals surface area contributed by atoms with Crippen LogP contribution in [-0.2, 0) is 22.5 Å². The number of piperidine rings is 2. The number of hydrogen-bond donors (Lipinski definition) is 2. The number of nitrogens with two attached hydrogens (primary N) is 1. The maximum atomic E-state index is 14.1. The molecule has 254 valence electrons. The number of piperazine rings is 1. The number of terminal acetylenes is 1. The first-order valence-electron chi connectivity index (χ1n) is 17.1. The lowest BCUT2D eigenvalue weighted by atomic mass is 9.99. The van der Waals surface area contributed by atoms with Crippen molar-refractivity contribution in [3.63, 3.8) is 0 Å². The number of nitrogen functional groups attached to an aromatic ring is 1. The van der Waals surface area contributed by atoms with Gasteiger partial charge in [-0.25, -0.2) is 9.59 Å². The van der Waals surface area contributed by atoms with E-state index in [0.29, 0.717) is 85.5 Å². The number of carbonyl (C=O) groups is 3. The quantitative estimate of drug-likeness (QED) is 0.354. The van der Waals surface area contributed by atoms with Gasteiger partial charge in [0.1, 0.15) is 0 Å². The Labute approximate surface area is 287 Å². The molecule has 5 aliphatic heterocycles. The molecule has 0 radical (unpaired) electrons. The summed E-state index contributed by atoms with van der Waals surface area (Å²) in [5.41, 5.74) is 9.39. The average molecular weight is 674 g/mol. The lowest BCUT2D eigenvalue weighted by Gasteiger charge is -2.42. The predicted octanol–water partition coefficient (Wildman–Crippen LogP) is 3.84. The molecule has 3 N–H and O–H groups in total. The molecule has 0 spiro atoms. The smallest absolute Gasteiger partial charge is 0.410 e. The average Bonchev–Trinajstić information content (AvgIpc) is 3.69. The number of fused-ring (bicyclic) bond motifs is 3. The minimum atomic E-state index is -1.04. The van der Waals surface area contributed by atoms with Gasteiger partial charge in [0, 0.05) is 87.7 Å². The van der Waals surface area contributed by atoms with Gasteiger partial charge in [-0.05, 0) is 68.5 Å². The molecule has 4 saturated heterocycles. The van der Waals surface area contributed by atoms with Gasteiger partial charge in [0.15, 0.2) is 6.10 Å². The van der Waals surface area contributed by atoms with Gasteiger partial charge in [0.05, 0.1) is 10.7 Å². The van der Waals surface area contributed by atoms with Crippen molar-refractivity contribution >= 4 is 41.0 Å². The summed E-state index contributed by atoms with van der Waals surface area (Å²) in [6.45, 7) is 4.82. The van der Waals surface area contributed by atoms with Crippen LogP contribution in [0.5, 0.6) is 0 Å². The van der Waals surface area contributed by atoms with Gasteiger partial charge in [0.2, 0.25) is 0 Å². The molecule has 11 nitrogen and oxygen atoms in total. The Morgan fingerprint density at radius 1 is 1.02 bits per heavy atom. The second-order valence-corrected chi connectivity index (χ2v) is 14.3. The highest BCUT2D eigenvalue weighted by Crippen LogP contribution is 2.34. The van der Waals surface area contributed by atoms with Gasteiger partial charge >= 0.3 is 12.1 Å². The molecule has 0 saturated carbocycles. The zero-order chi connectivity index (χ0) is 33.5. The number of halogens is 1. The van der Waals surface area contributed by atoms with Crippen molar-refractivity contribution in [3.8, 4) is 12.3 Å². The van der Waals surface area contributed by atoms with Gasteiger partial charge < -0.3 is 35.4 Å². The first-order chi connectivity index (χ1) is 23.2. The van der Waals surface area contributed by atoms with E-state index in [9.17, 15) is 14.4 Å². The SMILES string of the molecule is C#Cc1cc(C[C@@H](OC(=O)N2CCC(N3Cc4ccccc4NC3=O)CC2)C(=O)N2CCC(N3CC4CC3CN4C)CC2)cc(Cl)c1N. The van der Waals surface area contributed by atoms with E-state index in [2.05, 4.69) is 28.1 Å². The zero-order valence-electron chi connectivity index (χ0n) is 27.4. The Bertz CT molecular complexity index is 1610. The summed E-state index contributed by atoms with van der Waals surface area (Å²) in [4.78, 5) is 51.0. The molecule has 2 unspecified atom stereocenters. The molecular weight excluding hydrogens is 630 g/mol. The van der Waals surface area contributed by atoms with Crippen LogP contribution < -0.4 is 11.1 Å².